The van der Waals surface area contributed by atoms with E-state index in [9.17, 15) is 0 Å². The Morgan fingerprint density at radius 1 is 0.462 bits per heavy atom. The maximum absolute atomic E-state index is 3.76. The van der Waals surface area contributed by atoms with E-state index in [4.69, 9.17) is 0 Å². The maximum Gasteiger partial charge on any atom is 0.0395 e. The lowest BCUT2D eigenvalue weighted by atomic mass is 9.95. The van der Waals surface area contributed by atoms with Crippen LogP contribution >= 0.6 is 0 Å². The van der Waals surface area contributed by atoms with Crippen molar-refractivity contribution in [3.8, 4) is 0 Å². The number of nitrogens with one attached hydrogen (secondary N) is 1. The first-order chi connectivity index (χ1) is 19.2. The van der Waals surface area contributed by atoms with Gasteiger partial charge in [0, 0.05) is 26.2 Å². The molecule has 1 N–H and O–H groups in total. The molecule has 39 heavy (non-hydrogen) atoms. The van der Waals surface area contributed by atoms with Gasteiger partial charge in [-0.2, -0.15) is 5.53 Å². The van der Waals surface area contributed by atoms with Crippen LogP contribution in [0.2, 0.25) is 0 Å². The second-order valence-corrected chi connectivity index (χ2v) is 11.0. The summed E-state index contributed by atoms with van der Waals surface area (Å²) in [6.45, 7) is 3.75. The molecule has 1 aliphatic rings. The number of hydrogen-bond donors (Lipinski definition) is 1. The molecule has 3 heteroatoms. The van der Waals surface area contributed by atoms with Crippen LogP contribution in [0.4, 0.5) is 0 Å². The minimum atomic E-state index is 0.522. The van der Waals surface area contributed by atoms with Crippen molar-refractivity contribution in [3.63, 3.8) is 0 Å². The summed E-state index contributed by atoms with van der Waals surface area (Å²) in [5.41, 5.74) is 7.84. The highest BCUT2D eigenvalue weighted by molar-refractivity contribution is 5.84. The summed E-state index contributed by atoms with van der Waals surface area (Å²) >= 11 is 0. The largest absolute Gasteiger partial charge is 0.226 e. The number of hydrazine groups is 2. The molecule has 0 aliphatic carbocycles. The van der Waals surface area contributed by atoms with E-state index in [1.54, 1.807) is 0 Å². The lowest BCUT2D eigenvalue weighted by Gasteiger charge is -2.41. The van der Waals surface area contributed by atoms with Crippen molar-refractivity contribution in [2.45, 2.75) is 19.5 Å². The Kier molecular flexibility index (Phi) is 6.55. The molecular formula is C36H33N3. The van der Waals surface area contributed by atoms with Gasteiger partial charge in [-0.1, -0.05) is 115 Å². The van der Waals surface area contributed by atoms with E-state index in [-0.39, 0.29) is 0 Å². The van der Waals surface area contributed by atoms with Crippen LogP contribution < -0.4 is 5.53 Å². The molecule has 0 aromatic heterocycles. The van der Waals surface area contributed by atoms with Gasteiger partial charge in [0.1, 0.15) is 0 Å². The van der Waals surface area contributed by atoms with Crippen LogP contribution in [-0.2, 0) is 19.5 Å². The van der Waals surface area contributed by atoms with E-state index in [0.717, 1.165) is 32.6 Å². The lowest BCUT2D eigenvalue weighted by Crippen LogP contribution is -2.58. The summed E-state index contributed by atoms with van der Waals surface area (Å²) in [5, 5.41) is 12.6. The fourth-order valence-electron chi connectivity index (χ4n) is 6.11. The van der Waals surface area contributed by atoms with E-state index in [1.165, 1.54) is 49.0 Å². The van der Waals surface area contributed by atoms with Crippen molar-refractivity contribution in [3.05, 3.63) is 144 Å². The van der Waals surface area contributed by atoms with E-state index in [0.29, 0.717) is 5.92 Å². The normalized spacial score (nSPS) is 15.4. The first kappa shape index (κ1) is 24.1. The number of fused-ring (bicyclic) bond motifs is 3. The van der Waals surface area contributed by atoms with Gasteiger partial charge in [-0.15, -0.1) is 0 Å². The Morgan fingerprint density at radius 2 is 0.846 bits per heavy atom. The molecule has 6 aromatic rings. The molecule has 192 valence electrons. The molecule has 0 bridgehead atoms. The zero-order valence-corrected chi connectivity index (χ0v) is 22.1. The van der Waals surface area contributed by atoms with E-state index >= 15 is 0 Å². The van der Waals surface area contributed by atoms with Crippen molar-refractivity contribution >= 4 is 32.3 Å². The van der Waals surface area contributed by atoms with Crippen molar-refractivity contribution in [1.82, 2.24) is 15.6 Å². The summed E-state index contributed by atoms with van der Waals surface area (Å²) in [6, 6.07) is 46.5. The number of nitrogens with zero attached hydrogens (tertiary/aromatic N) is 2. The Balaban J connectivity index is 1.14. The van der Waals surface area contributed by atoms with Gasteiger partial charge < -0.3 is 0 Å². The zero-order chi connectivity index (χ0) is 26.0. The quantitative estimate of drug-likeness (QED) is 0.249. The van der Waals surface area contributed by atoms with E-state index in [1.807, 2.05) is 0 Å². The molecule has 0 amide bonds. The molecule has 0 radical (unpaired) electrons. The third kappa shape index (κ3) is 5.43. The molecule has 0 atom stereocenters. The number of hydrogen-bond acceptors (Lipinski definition) is 3. The lowest BCUT2D eigenvalue weighted by molar-refractivity contribution is -0.0539. The SMILES string of the molecule is c1ccc2cc(CC3CN(Cc4ccc5ccccc5c4)NN(Cc4ccc5ccccc5c4)C3)ccc2c1. The third-order valence-corrected chi connectivity index (χ3v) is 7.95. The Bertz CT molecular complexity index is 1540. The molecule has 3 nitrogen and oxygen atoms in total. The van der Waals surface area contributed by atoms with Crippen molar-refractivity contribution in [1.29, 1.82) is 0 Å². The summed E-state index contributed by atoms with van der Waals surface area (Å²) in [6.07, 6.45) is 1.06. The van der Waals surface area contributed by atoms with Gasteiger partial charge in [0.2, 0.25) is 0 Å². The summed E-state index contributed by atoms with van der Waals surface area (Å²) in [4.78, 5) is 0. The van der Waals surface area contributed by atoms with Crippen molar-refractivity contribution < 1.29 is 0 Å². The third-order valence-electron chi connectivity index (χ3n) is 7.95. The Labute approximate surface area is 230 Å². The first-order valence-electron chi connectivity index (χ1n) is 13.9. The minimum Gasteiger partial charge on any atom is -0.226 e. The fraction of sp³-hybridized carbons (Fsp3) is 0.167. The number of rotatable bonds is 6. The van der Waals surface area contributed by atoms with Gasteiger partial charge in [0.05, 0.1) is 0 Å². The predicted octanol–water partition coefficient (Wildman–Crippen LogP) is 7.74. The molecule has 7 rings (SSSR count). The molecule has 1 saturated heterocycles. The van der Waals surface area contributed by atoms with Crippen LogP contribution in [-0.4, -0.2) is 23.1 Å². The highest BCUT2D eigenvalue weighted by atomic mass is 15.8. The molecule has 1 aliphatic heterocycles. The van der Waals surface area contributed by atoms with Gasteiger partial charge >= 0.3 is 0 Å². The van der Waals surface area contributed by atoms with Crippen LogP contribution in [0.1, 0.15) is 16.7 Å². The van der Waals surface area contributed by atoms with Crippen LogP contribution in [0.3, 0.4) is 0 Å². The summed E-state index contributed by atoms with van der Waals surface area (Å²) in [5.74, 6) is 0.522. The zero-order valence-electron chi connectivity index (χ0n) is 22.1. The van der Waals surface area contributed by atoms with Gasteiger partial charge in [-0.25, -0.2) is 10.0 Å². The molecule has 0 saturated carbocycles. The minimum absolute atomic E-state index is 0.522. The van der Waals surface area contributed by atoms with Crippen LogP contribution in [0.25, 0.3) is 32.3 Å². The van der Waals surface area contributed by atoms with Gasteiger partial charge in [-0.3, -0.25) is 0 Å². The highest BCUT2D eigenvalue weighted by Gasteiger charge is 2.26. The van der Waals surface area contributed by atoms with Crippen molar-refractivity contribution in [2.75, 3.05) is 13.1 Å². The van der Waals surface area contributed by atoms with E-state index < -0.39 is 0 Å². The second kappa shape index (κ2) is 10.6. The summed E-state index contributed by atoms with van der Waals surface area (Å²) in [7, 11) is 0. The predicted molar refractivity (Wildman–Crippen MR) is 163 cm³/mol. The number of benzene rings is 6. The Hall–Kier alpha value is -4.02. The molecule has 6 aromatic carbocycles. The second-order valence-electron chi connectivity index (χ2n) is 11.0. The maximum atomic E-state index is 3.76. The molecule has 0 unspecified atom stereocenters. The van der Waals surface area contributed by atoms with Crippen LogP contribution in [0, 0.1) is 5.92 Å². The van der Waals surface area contributed by atoms with Crippen LogP contribution in [0.5, 0.6) is 0 Å². The molecular weight excluding hydrogens is 474 g/mol. The van der Waals surface area contributed by atoms with Gasteiger partial charge in [0.15, 0.2) is 0 Å². The summed E-state index contributed by atoms with van der Waals surface area (Å²) < 4.78 is 0. The standard InChI is InChI=1S/C36H33N3/c1-4-10-34-20-27(13-16-31(34)7-1)19-30-25-38(23-28-14-17-32-8-2-5-11-35(32)21-28)37-39(26-30)24-29-15-18-33-9-3-6-12-36(33)22-29/h1-18,20-22,30,37H,19,23-26H2. The first-order valence-corrected chi connectivity index (χ1v) is 13.9. The van der Waals surface area contributed by atoms with Gasteiger partial charge in [-0.05, 0) is 73.5 Å². The molecule has 0 spiro atoms. The van der Waals surface area contributed by atoms with E-state index in [2.05, 4.69) is 143 Å². The Morgan fingerprint density at radius 3 is 1.31 bits per heavy atom. The average Bonchev–Trinajstić information content (AvgIpc) is 2.97. The fourth-order valence-corrected chi connectivity index (χ4v) is 6.11. The smallest absolute Gasteiger partial charge is 0.0395 e. The molecule has 1 fully saturated rings. The topological polar surface area (TPSA) is 18.5 Å². The highest BCUT2D eigenvalue weighted by Crippen LogP contribution is 2.24. The molecule has 1 heterocycles. The van der Waals surface area contributed by atoms with Crippen LogP contribution in [0.15, 0.2) is 127 Å². The van der Waals surface area contributed by atoms with Crippen molar-refractivity contribution in [2.24, 2.45) is 5.92 Å². The average molecular weight is 508 g/mol. The monoisotopic (exact) mass is 507 g/mol. The van der Waals surface area contributed by atoms with Gasteiger partial charge in [0.25, 0.3) is 0 Å².